The Hall–Kier alpha value is -2.48. The van der Waals surface area contributed by atoms with Crippen LogP contribution < -0.4 is 0 Å². The van der Waals surface area contributed by atoms with Crippen LogP contribution >= 0.6 is 0 Å². The van der Waals surface area contributed by atoms with Crippen molar-refractivity contribution in [3.05, 3.63) is 70.7 Å². The second-order valence-corrected chi connectivity index (χ2v) is 8.43. The van der Waals surface area contributed by atoms with Crippen molar-refractivity contribution in [3.63, 3.8) is 0 Å². The second-order valence-electron chi connectivity index (χ2n) is 8.43. The van der Waals surface area contributed by atoms with Crippen LogP contribution in [0, 0.1) is 6.92 Å². The Morgan fingerprint density at radius 3 is 2.40 bits per heavy atom. The number of aryl methyl sites for hydroxylation is 1. The molecule has 3 aromatic rings. The van der Waals surface area contributed by atoms with Gasteiger partial charge in [0.1, 0.15) is 0 Å². The minimum atomic E-state index is -0.0488. The van der Waals surface area contributed by atoms with Gasteiger partial charge in [0.05, 0.1) is 5.69 Å². The number of rotatable bonds is 0. The van der Waals surface area contributed by atoms with E-state index in [0.29, 0.717) is 0 Å². The lowest BCUT2D eigenvalue weighted by Gasteiger charge is -2.25. The molecule has 2 aromatic heterocycles. The zero-order valence-electron chi connectivity index (χ0n) is 15.4. The Bertz CT molecular complexity index is 1060. The van der Waals surface area contributed by atoms with E-state index < -0.39 is 0 Å². The van der Waals surface area contributed by atoms with E-state index in [1.807, 2.05) is 6.20 Å². The molecule has 0 amide bonds. The third-order valence-corrected chi connectivity index (χ3v) is 6.22. The third-order valence-electron chi connectivity index (χ3n) is 6.22. The molecule has 2 nitrogen and oxygen atoms in total. The van der Waals surface area contributed by atoms with Gasteiger partial charge in [-0.05, 0) is 46.9 Å². The highest BCUT2D eigenvalue weighted by Crippen LogP contribution is 2.58. The van der Waals surface area contributed by atoms with Crippen molar-refractivity contribution in [3.8, 4) is 22.4 Å². The number of hydrogen-bond acceptors (Lipinski definition) is 2. The molecule has 2 aliphatic rings. The highest BCUT2D eigenvalue weighted by Gasteiger charge is 2.45. The Labute approximate surface area is 149 Å². The van der Waals surface area contributed by atoms with Crippen LogP contribution in [0.2, 0.25) is 0 Å². The quantitative estimate of drug-likeness (QED) is 0.553. The average Bonchev–Trinajstić information content (AvgIpc) is 2.95. The molecule has 0 spiro atoms. The predicted octanol–water partition coefficient (Wildman–Crippen LogP) is 5.40. The minimum absolute atomic E-state index is 0.00563. The Balaban J connectivity index is 1.93. The molecule has 25 heavy (non-hydrogen) atoms. The second kappa shape index (κ2) is 4.37. The van der Waals surface area contributed by atoms with E-state index in [1.54, 1.807) is 0 Å². The summed E-state index contributed by atoms with van der Waals surface area (Å²) in [5.41, 5.74) is 11.7. The van der Waals surface area contributed by atoms with Crippen LogP contribution in [-0.4, -0.2) is 9.97 Å². The lowest BCUT2D eigenvalue weighted by Crippen LogP contribution is -2.18. The predicted molar refractivity (Wildman–Crippen MR) is 102 cm³/mol. The van der Waals surface area contributed by atoms with Gasteiger partial charge < -0.3 is 0 Å². The SMILES string of the molecule is Cc1cc2c(cn1)-c1c(ccc3c1C(C)(C)c1cccnc1-3)C2(C)C. The van der Waals surface area contributed by atoms with Crippen molar-refractivity contribution < 1.29 is 0 Å². The number of hydrogen-bond donors (Lipinski definition) is 0. The number of nitrogens with zero attached hydrogens (tertiary/aromatic N) is 2. The van der Waals surface area contributed by atoms with Gasteiger partial charge in [-0.25, -0.2) is 0 Å². The summed E-state index contributed by atoms with van der Waals surface area (Å²) in [6.45, 7) is 11.4. The number of pyridine rings is 2. The number of fused-ring (bicyclic) bond motifs is 7. The minimum Gasteiger partial charge on any atom is -0.261 e. The molecule has 124 valence electrons. The molecule has 0 bridgehead atoms. The molecular weight excluding hydrogens is 304 g/mol. The Kier molecular flexibility index (Phi) is 2.59. The van der Waals surface area contributed by atoms with Gasteiger partial charge >= 0.3 is 0 Å². The van der Waals surface area contributed by atoms with Gasteiger partial charge in [-0.15, -0.1) is 0 Å². The topological polar surface area (TPSA) is 25.8 Å². The lowest BCUT2D eigenvalue weighted by molar-refractivity contribution is 0.646. The molecule has 0 unspecified atom stereocenters. The van der Waals surface area contributed by atoms with Gasteiger partial charge in [0, 0.05) is 40.0 Å². The summed E-state index contributed by atoms with van der Waals surface area (Å²) in [7, 11) is 0. The van der Waals surface area contributed by atoms with E-state index in [4.69, 9.17) is 4.98 Å². The van der Waals surface area contributed by atoms with E-state index >= 15 is 0 Å². The van der Waals surface area contributed by atoms with Crippen molar-refractivity contribution in [2.24, 2.45) is 0 Å². The van der Waals surface area contributed by atoms with Crippen LogP contribution in [0.5, 0.6) is 0 Å². The summed E-state index contributed by atoms with van der Waals surface area (Å²) in [5.74, 6) is 0. The zero-order valence-corrected chi connectivity index (χ0v) is 15.4. The fourth-order valence-electron chi connectivity index (χ4n) is 4.93. The van der Waals surface area contributed by atoms with Crippen LogP contribution in [0.15, 0.2) is 42.7 Å². The van der Waals surface area contributed by atoms with Crippen LogP contribution in [0.1, 0.15) is 55.6 Å². The smallest absolute Gasteiger partial charge is 0.0746 e. The summed E-state index contributed by atoms with van der Waals surface area (Å²) >= 11 is 0. The van der Waals surface area contributed by atoms with Crippen LogP contribution in [-0.2, 0) is 10.8 Å². The fraction of sp³-hybridized carbons (Fsp3) is 0.304. The first-order valence-electron chi connectivity index (χ1n) is 8.95. The summed E-state index contributed by atoms with van der Waals surface area (Å²) in [4.78, 5) is 9.33. The third kappa shape index (κ3) is 1.65. The maximum absolute atomic E-state index is 4.71. The van der Waals surface area contributed by atoms with Crippen molar-refractivity contribution in [1.29, 1.82) is 0 Å². The van der Waals surface area contributed by atoms with Gasteiger partial charge in [0.2, 0.25) is 0 Å². The maximum atomic E-state index is 4.71. The molecule has 0 aliphatic heterocycles. The largest absolute Gasteiger partial charge is 0.261 e. The maximum Gasteiger partial charge on any atom is 0.0746 e. The normalized spacial score (nSPS) is 17.6. The average molecular weight is 326 g/mol. The number of benzene rings is 1. The van der Waals surface area contributed by atoms with Crippen LogP contribution in [0.25, 0.3) is 22.4 Å². The molecule has 0 radical (unpaired) electrons. The van der Waals surface area contributed by atoms with Crippen LogP contribution in [0.4, 0.5) is 0 Å². The molecule has 1 aromatic carbocycles. The molecule has 0 saturated carbocycles. The fourth-order valence-corrected chi connectivity index (χ4v) is 4.93. The Morgan fingerprint density at radius 2 is 1.60 bits per heavy atom. The zero-order chi connectivity index (χ0) is 17.6. The van der Waals surface area contributed by atoms with Gasteiger partial charge in [0.15, 0.2) is 0 Å². The monoisotopic (exact) mass is 326 g/mol. The summed E-state index contributed by atoms with van der Waals surface area (Å²) in [5, 5.41) is 0. The molecule has 0 atom stereocenters. The highest BCUT2D eigenvalue weighted by molar-refractivity contribution is 5.92. The van der Waals surface area contributed by atoms with E-state index in [-0.39, 0.29) is 10.8 Å². The molecule has 0 N–H and O–H groups in total. The van der Waals surface area contributed by atoms with Crippen molar-refractivity contribution in [1.82, 2.24) is 9.97 Å². The Morgan fingerprint density at radius 1 is 0.800 bits per heavy atom. The van der Waals surface area contributed by atoms with E-state index in [1.165, 1.54) is 38.9 Å². The van der Waals surface area contributed by atoms with E-state index in [9.17, 15) is 0 Å². The summed E-state index contributed by atoms with van der Waals surface area (Å²) < 4.78 is 0. The van der Waals surface area contributed by atoms with Crippen molar-refractivity contribution in [2.75, 3.05) is 0 Å². The van der Waals surface area contributed by atoms with Crippen molar-refractivity contribution >= 4 is 0 Å². The molecule has 5 rings (SSSR count). The first-order chi connectivity index (χ1) is 11.8. The first-order valence-corrected chi connectivity index (χ1v) is 8.95. The molecule has 2 heterocycles. The van der Waals surface area contributed by atoms with Gasteiger partial charge in [0.25, 0.3) is 0 Å². The van der Waals surface area contributed by atoms with E-state index in [2.05, 4.69) is 76.1 Å². The van der Waals surface area contributed by atoms with Crippen molar-refractivity contribution in [2.45, 2.75) is 45.4 Å². The molecular formula is C23H22N2. The van der Waals surface area contributed by atoms with Gasteiger partial charge in [-0.1, -0.05) is 45.9 Å². The molecule has 0 saturated heterocycles. The van der Waals surface area contributed by atoms with Crippen LogP contribution in [0.3, 0.4) is 0 Å². The van der Waals surface area contributed by atoms with E-state index in [0.717, 1.165) is 11.4 Å². The number of aromatic nitrogens is 2. The standard InChI is InChI=1S/C23H22N2/c1-13-11-18-15(12-25-13)19-16(22(18,2)3)9-8-14-20(19)23(4,5)17-7-6-10-24-21(14)17/h6-12H,1-5H3. The molecule has 2 heteroatoms. The van der Waals surface area contributed by atoms with Gasteiger partial charge in [-0.3, -0.25) is 9.97 Å². The summed E-state index contributed by atoms with van der Waals surface area (Å²) in [6, 6.07) is 11.1. The lowest BCUT2D eigenvalue weighted by atomic mass is 9.77. The van der Waals surface area contributed by atoms with Gasteiger partial charge in [-0.2, -0.15) is 0 Å². The summed E-state index contributed by atoms with van der Waals surface area (Å²) in [6.07, 6.45) is 3.98. The molecule has 0 fully saturated rings. The molecule has 2 aliphatic carbocycles. The first kappa shape index (κ1) is 14.8. The highest BCUT2D eigenvalue weighted by atomic mass is 14.7.